The highest BCUT2D eigenvalue weighted by Gasteiger charge is 2.48. The SMILES string of the molecule is O=C(O)C1=Cc2cc(-c3ccc4c(c3)OCO4)cc(Cl)c2OC1C(F)(F)F. The van der Waals surface area contributed by atoms with Crippen molar-refractivity contribution in [3.05, 3.63) is 46.5 Å². The van der Waals surface area contributed by atoms with E-state index in [0.29, 0.717) is 22.6 Å². The number of benzene rings is 2. The van der Waals surface area contributed by atoms with E-state index in [9.17, 15) is 18.0 Å². The number of ether oxygens (including phenoxy) is 3. The third-order valence-corrected chi connectivity index (χ3v) is 4.43. The lowest BCUT2D eigenvalue weighted by atomic mass is 9.97. The van der Waals surface area contributed by atoms with Gasteiger partial charge in [-0.1, -0.05) is 17.7 Å². The van der Waals surface area contributed by atoms with Gasteiger partial charge >= 0.3 is 12.1 Å². The van der Waals surface area contributed by atoms with Crippen molar-refractivity contribution < 1.29 is 37.3 Å². The fourth-order valence-electron chi connectivity index (χ4n) is 2.93. The average Bonchev–Trinajstić information content (AvgIpc) is 3.07. The van der Waals surface area contributed by atoms with Gasteiger partial charge in [-0.05, 0) is 41.5 Å². The van der Waals surface area contributed by atoms with Crippen LogP contribution in [0.3, 0.4) is 0 Å². The number of hydrogen-bond acceptors (Lipinski definition) is 4. The summed E-state index contributed by atoms with van der Waals surface area (Å²) in [6.07, 6.45) is -6.54. The predicted molar refractivity (Wildman–Crippen MR) is 89.1 cm³/mol. The summed E-state index contributed by atoms with van der Waals surface area (Å²) < 4.78 is 54.9. The Kier molecular flexibility index (Phi) is 3.96. The van der Waals surface area contributed by atoms with Crippen molar-refractivity contribution in [1.29, 1.82) is 0 Å². The summed E-state index contributed by atoms with van der Waals surface area (Å²) in [5.74, 6) is -0.829. The van der Waals surface area contributed by atoms with E-state index in [-0.39, 0.29) is 23.1 Å². The summed E-state index contributed by atoms with van der Waals surface area (Å²) in [6, 6.07) is 8.08. The van der Waals surface area contributed by atoms with E-state index < -0.39 is 23.8 Å². The van der Waals surface area contributed by atoms with Crippen molar-refractivity contribution in [2.45, 2.75) is 12.3 Å². The minimum absolute atomic E-state index is 0.0601. The lowest BCUT2D eigenvalue weighted by Gasteiger charge is -2.28. The van der Waals surface area contributed by atoms with Gasteiger partial charge in [0.15, 0.2) is 11.5 Å². The Morgan fingerprint density at radius 3 is 2.56 bits per heavy atom. The average molecular weight is 399 g/mol. The number of carboxylic acid groups (broad SMARTS) is 1. The molecule has 0 amide bonds. The normalized spacial score (nSPS) is 17.8. The highest BCUT2D eigenvalue weighted by molar-refractivity contribution is 6.32. The molecule has 27 heavy (non-hydrogen) atoms. The molecule has 2 aliphatic rings. The third kappa shape index (κ3) is 3.06. The number of aliphatic carboxylic acids is 1. The zero-order valence-electron chi connectivity index (χ0n) is 13.3. The molecule has 0 saturated carbocycles. The molecule has 4 rings (SSSR count). The van der Waals surface area contributed by atoms with Crippen LogP contribution in [0.2, 0.25) is 5.02 Å². The monoisotopic (exact) mass is 398 g/mol. The van der Waals surface area contributed by atoms with Crippen LogP contribution in [0.15, 0.2) is 35.9 Å². The fraction of sp³-hybridized carbons (Fsp3) is 0.167. The van der Waals surface area contributed by atoms with Crippen molar-refractivity contribution in [3.63, 3.8) is 0 Å². The first-order valence-corrected chi connectivity index (χ1v) is 8.03. The molecular weight excluding hydrogens is 389 g/mol. The molecule has 0 radical (unpaired) electrons. The van der Waals surface area contributed by atoms with Gasteiger partial charge in [0.25, 0.3) is 0 Å². The summed E-state index contributed by atoms with van der Waals surface area (Å²) in [7, 11) is 0. The minimum Gasteiger partial charge on any atom is -0.478 e. The number of alkyl halides is 3. The molecule has 140 valence electrons. The maximum absolute atomic E-state index is 13.2. The molecule has 0 aliphatic carbocycles. The summed E-state index contributed by atoms with van der Waals surface area (Å²) >= 11 is 6.13. The molecule has 1 unspecified atom stereocenters. The zero-order valence-corrected chi connectivity index (χ0v) is 14.1. The molecular formula is C18H10ClF3O5. The maximum atomic E-state index is 13.2. The molecule has 1 N–H and O–H groups in total. The zero-order chi connectivity index (χ0) is 19.3. The van der Waals surface area contributed by atoms with Gasteiger partial charge in [-0.15, -0.1) is 0 Å². The lowest BCUT2D eigenvalue weighted by molar-refractivity contribution is -0.187. The first kappa shape index (κ1) is 17.5. The molecule has 1 atom stereocenters. The van der Waals surface area contributed by atoms with Crippen LogP contribution in [-0.4, -0.2) is 30.1 Å². The Balaban J connectivity index is 1.81. The first-order chi connectivity index (χ1) is 12.7. The number of carboxylic acids is 1. The minimum atomic E-state index is -4.89. The van der Waals surface area contributed by atoms with Gasteiger partial charge in [-0.2, -0.15) is 13.2 Å². The standard InChI is InChI=1S/C18H10ClF3O5/c19-12-5-9(8-1-2-13-14(6-8)26-7-25-13)3-10-4-11(17(23)24)16(18(20,21)22)27-15(10)12/h1-6,16H,7H2,(H,23,24). The van der Waals surface area contributed by atoms with Gasteiger partial charge in [0.2, 0.25) is 12.9 Å². The predicted octanol–water partition coefficient (Wildman–Crippen LogP) is 4.53. The van der Waals surface area contributed by atoms with E-state index in [0.717, 1.165) is 6.08 Å². The lowest BCUT2D eigenvalue weighted by Crippen LogP contribution is -2.40. The number of rotatable bonds is 2. The van der Waals surface area contributed by atoms with E-state index in [1.54, 1.807) is 18.2 Å². The second-order valence-electron chi connectivity index (χ2n) is 5.89. The van der Waals surface area contributed by atoms with Gasteiger partial charge < -0.3 is 19.3 Å². The third-order valence-electron chi connectivity index (χ3n) is 4.15. The van der Waals surface area contributed by atoms with Crippen LogP contribution in [0.25, 0.3) is 17.2 Å². The van der Waals surface area contributed by atoms with E-state index in [1.807, 2.05) is 0 Å². The Morgan fingerprint density at radius 2 is 1.85 bits per heavy atom. The maximum Gasteiger partial charge on any atom is 0.430 e. The Bertz CT molecular complexity index is 984. The molecule has 2 aromatic rings. The molecule has 5 nitrogen and oxygen atoms in total. The van der Waals surface area contributed by atoms with Crippen molar-refractivity contribution in [2.24, 2.45) is 0 Å². The Labute approximate surface area is 155 Å². The summed E-state index contributed by atoms with van der Waals surface area (Å²) in [5.41, 5.74) is 0.473. The topological polar surface area (TPSA) is 65.0 Å². The first-order valence-electron chi connectivity index (χ1n) is 7.66. The molecule has 2 aliphatic heterocycles. The summed E-state index contributed by atoms with van der Waals surface area (Å²) in [6.45, 7) is 0.0983. The number of fused-ring (bicyclic) bond motifs is 2. The van der Waals surface area contributed by atoms with Crippen LogP contribution in [0.1, 0.15) is 5.56 Å². The number of halogens is 4. The van der Waals surface area contributed by atoms with Crippen molar-refractivity contribution in [3.8, 4) is 28.4 Å². The van der Waals surface area contributed by atoms with Gasteiger partial charge in [-0.25, -0.2) is 4.79 Å². The van der Waals surface area contributed by atoms with Crippen molar-refractivity contribution in [2.75, 3.05) is 6.79 Å². The molecule has 2 aromatic carbocycles. The second-order valence-corrected chi connectivity index (χ2v) is 6.30. The molecule has 0 aromatic heterocycles. The van der Waals surface area contributed by atoms with Crippen molar-refractivity contribution >= 4 is 23.6 Å². The molecule has 0 spiro atoms. The van der Waals surface area contributed by atoms with Crippen LogP contribution in [0.4, 0.5) is 13.2 Å². The van der Waals surface area contributed by atoms with E-state index in [2.05, 4.69) is 0 Å². The summed E-state index contributed by atoms with van der Waals surface area (Å²) in [5, 5.41) is 9.09. The smallest absolute Gasteiger partial charge is 0.430 e. The van der Waals surface area contributed by atoms with Crippen LogP contribution in [0.5, 0.6) is 17.2 Å². The van der Waals surface area contributed by atoms with Crippen LogP contribution in [-0.2, 0) is 4.79 Å². The van der Waals surface area contributed by atoms with Gasteiger partial charge in [0, 0.05) is 5.56 Å². The Hall–Kier alpha value is -2.87. The fourth-order valence-corrected chi connectivity index (χ4v) is 3.20. The molecule has 2 heterocycles. The van der Waals surface area contributed by atoms with E-state index in [4.69, 9.17) is 30.9 Å². The Morgan fingerprint density at radius 1 is 1.11 bits per heavy atom. The highest BCUT2D eigenvalue weighted by atomic mass is 35.5. The number of carbonyl (C=O) groups is 1. The van der Waals surface area contributed by atoms with E-state index >= 15 is 0 Å². The largest absolute Gasteiger partial charge is 0.478 e. The van der Waals surface area contributed by atoms with Crippen molar-refractivity contribution in [1.82, 2.24) is 0 Å². The molecule has 0 bridgehead atoms. The molecule has 9 heteroatoms. The second kappa shape index (κ2) is 6.09. The van der Waals surface area contributed by atoms with Gasteiger partial charge in [0.1, 0.15) is 5.75 Å². The van der Waals surface area contributed by atoms with Crippen LogP contribution in [0, 0.1) is 0 Å². The molecule has 0 saturated heterocycles. The van der Waals surface area contributed by atoms with Gasteiger partial charge in [-0.3, -0.25) is 0 Å². The highest BCUT2D eigenvalue weighted by Crippen LogP contribution is 2.44. The van der Waals surface area contributed by atoms with Crippen LogP contribution >= 0.6 is 11.6 Å². The number of hydrogen-bond donors (Lipinski definition) is 1. The van der Waals surface area contributed by atoms with Crippen LogP contribution < -0.4 is 14.2 Å². The van der Waals surface area contributed by atoms with Gasteiger partial charge in [0.05, 0.1) is 10.6 Å². The summed E-state index contributed by atoms with van der Waals surface area (Å²) in [4.78, 5) is 11.3. The molecule has 0 fully saturated rings. The van der Waals surface area contributed by atoms with E-state index in [1.165, 1.54) is 12.1 Å². The quantitative estimate of drug-likeness (QED) is 0.805.